The van der Waals surface area contributed by atoms with Crippen molar-refractivity contribution in [3.8, 4) is 17.4 Å². The van der Waals surface area contributed by atoms with Crippen molar-refractivity contribution in [2.24, 2.45) is 0 Å². The molecule has 0 atom stereocenters. The van der Waals surface area contributed by atoms with Crippen LogP contribution in [0.3, 0.4) is 0 Å². The molecule has 0 radical (unpaired) electrons. The number of hydrogen-bond acceptors (Lipinski definition) is 5. The molecule has 2 aromatic rings. The lowest BCUT2D eigenvalue weighted by molar-refractivity contribution is 0.397. The molecule has 0 aromatic carbocycles. The van der Waals surface area contributed by atoms with Gasteiger partial charge >= 0.3 is 0 Å². The lowest BCUT2D eigenvalue weighted by Gasteiger charge is -2.12. The van der Waals surface area contributed by atoms with E-state index in [2.05, 4.69) is 35.9 Å². The van der Waals surface area contributed by atoms with E-state index >= 15 is 0 Å². The summed E-state index contributed by atoms with van der Waals surface area (Å²) in [6, 6.07) is 1.66. The number of halogens is 1. The van der Waals surface area contributed by atoms with Gasteiger partial charge in [-0.25, -0.2) is 15.0 Å². The zero-order chi connectivity index (χ0) is 14.8. The quantitative estimate of drug-likeness (QED) is 0.920. The molecule has 21 heavy (non-hydrogen) atoms. The number of rotatable bonds is 3. The second-order valence-electron chi connectivity index (χ2n) is 5.04. The molecule has 6 nitrogen and oxygen atoms in total. The first-order chi connectivity index (χ1) is 10.2. The summed E-state index contributed by atoms with van der Waals surface area (Å²) in [5, 5.41) is 0. The number of H-pyrrole nitrogens is 1. The molecule has 0 amide bonds. The zero-order valence-electron chi connectivity index (χ0n) is 11.6. The number of ether oxygens (including phenoxy) is 1. The second-order valence-corrected chi connectivity index (χ2v) is 5.83. The van der Waals surface area contributed by atoms with E-state index in [1.165, 1.54) is 26.3 Å². The van der Waals surface area contributed by atoms with E-state index in [4.69, 9.17) is 4.74 Å². The molecule has 1 fully saturated rings. The Morgan fingerprint density at radius 1 is 1.33 bits per heavy atom. The molecule has 1 aliphatic carbocycles. The van der Waals surface area contributed by atoms with Gasteiger partial charge in [-0.2, -0.15) is 0 Å². The molecule has 1 N–H and O–H groups in total. The van der Waals surface area contributed by atoms with Crippen LogP contribution in [0.15, 0.2) is 21.7 Å². The minimum atomic E-state index is -0.181. The highest BCUT2D eigenvalue weighted by atomic mass is 79.9. The molecule has 0 unspecified atom stereocenters. The van der Waals surface area contributed by atoms with Gasteiger partial charge in [0.25, 0.3) is 5.56 Å². The molecule has 1 aliphatic rings. The first kappa shape index (κ1) is 14.2. The first-order valence-corrected chi connectivity index (χ1v) is 7.64. The fourth-order valence-electron chi connectivity index (χ4n) is 2.65. The second kappa shape index (κ2) is 5.93. The minimum Gasteiger partial charge on any atom is -0.481 e. The molecule has 0 spiro atoms. The zero-order valence-corrected chi connectivity index (χ0v) is 13.2. The summed E-state index contributed by atoms with van der Waals surface area (Å²) in [6.45, 7) is 0. The van der Waals surface area contributed by atoms with Crippen LogP contribution < -0.4 is 10.3 Å². The highest BCUT2D eigenvalue weighted by molar-refractivity contribution is 9.10. The maximum absolute atomic E-state index is 12.1. The molecule has 0 saturated heterocycles. The topological polar surface area (TPSA) is 80.8 Å². The van der Waals surface area contributed by atoms with Crippen molar-refractivity contribution in [3.05, 3.63) is 32.9 Å². The van der Waals surface area contributed by atoms with Crippen molar-refractivity contribution in [1.82, 2.24) is 19.9 Å². The Morgan fingerprint density at radius 3 is 2.81 bits per heavy atom. The highest BCUT2D eigenvalue weighted by Crippen LogP contribution is 2.35. The van der Waals surface area contributed by atoms with Crippen molar-refractivity contribution in [2.75, 3.05) is 7.11 Å². The molecular formula is C14H15BrN4O2. The maximum atomic E-state index is 12.1. The normalized spacial score (nSPS) is 15.3. The fourth-order valence-corrected chi connectivity index (χ4v) is 3.16. The van der Waals surface area contributed by atoms with Crippen LogP contribution in [-0.2, 0) is 0 Å². The average molecular weight is 351 g/mol. The SMILES string of the molecule is COc1cc(-c2nc(C3CCCC3)c(Br)c(=O)[nH]2)ncn1. The van der Waals surface area contributed by atoms with Crippen molar-refractivity contribution in [1.29, 1.82) is 0 Å². The predicted molar refractivity (Wildman–Crippen MR) is 81.3 cm³/mol. The summed E-state index contributed by atoms with van der Waals surface area (Å²) in [4.78, 5) is 27.6. The van der Waals surface area contributed by atoms with Gasteiger partial charge in [0.1, 0.15) is 16.5 Å². The molecule has 7 heteroatoms. The Balaban J connectivity index is 2.08. The van der Waals surface area contributed by atoms with Gasteiger partial charge < -0.3 is 9.72 Å². The largest absolute Gasteiger partial charge is 0.481 e. The van der Waals surface area contributed by atoms with Crippen molar-refractivity contribution < 1.29 is 4.74 Å². The third kappa shape index (κ3) is 2.83. The minimum absolute atomic E-state index is 0.181. The van der Waals surface area contributed by atoms with Crippen molar-refractivity contribution in [3.63, 3.8) is 0 Å². The molecule has 2 heterocycles. The standard InChI is InChI=1S/C14H15BrN4O2/c1-21-10-6-9(16-7-17-10)13-18-12(8-4-2-3-5-8)11(15)14(20)19-13/h6-8H,2-5H2,1H3,(H,18,19,20). The lowest BCUT2D eigenvalue weighted by Crippen LogP contribution is -2.15. The highest BCUT2D eigenvalue weighted by Gasteiger charge is 2.23. The van der Waals surface area contributed by atoms with Gasteiger partial charge in [0, 0.05) is 12.0 Å². The average Bonchev–Trinajstić information content (AvgIpc) is 3.04. The third-order valence-corrected chi connectivity index (χ3v) is 4.49. The maximum Gasteiger partial charge on any atom is 0.265 e. The summed E-state index contributed by atoms with van der Waals surface area (Å²) in [5.74, 6) is 1.22. The molecule has 0 aliphatic heterocycles. The van der Waals surface area contributed by atoms with E-state index in [0.717, 1.165) is 18.5 Å². The summed E-state index contributed by atoms with van der Waals surface area (Å²) in [5.41, 5.74) is 1.19. The van der Waals surface area contributed by atoms with E-state index in [0.29, 0.717) is 27.8 Å². The Labute approximate surface area is 130 Å². The Bertz CT molecular complexity index is 710. The molecule has 1 saturated carbocycles. The molecular weight excluding hydrogens is 336 g/mol. The van der Waals surface area contributed by atoms with E-state index < -0.39 is 0 Å². The number of nitrogens with zero attached hydrogens (tertiary/aromatic N) is 3. The Kier molecular flexibility index (Phi) is 4.01. The fraction of sp³-hybridized carbons (Fsp3) is 0.429. The first-order valence-electron chi connectivity index (χ1n) is 6.85. The Morgan fingerprint density at radius 2 is 2.10 bits per heavy atom. The molecule has 3 rings (SSSR count). The number of aromatic amines is 1. The van der Waals surface area contributed by atoms with E-state index in [9.17, 15) is 4.79 Å². The van der Waals surface area contributed by atoms with Crippen LogP contribution in [0.4, 0.5) is 0 Å². The number of methoxy groups -OCH3 is 1. The van der Waals surface area contributed by atoms with Gasteiger partial charge in [-0.1, -0.05) is 12.8 Å². The van der Waals surface area contributed by atoms with Crippen LogP contribution in [0.2, 0.25) is 0 Å². The molecule has 2 aromatic heterocycles. The summed E-state index contributed by atoms with van der Waals surface area (Å²) in [6.07, 6.45) is 5.90. The number of aromatic nitrogens is 4. The van der Waals surface area contributed by atoms with Crippen LogP contribution in [0.5, 0.6) is 5.88 Å². The Hall–Kier alpha value is -1.76. The number of nitrogens with one attached hydrogen (secondary N) is 1. The lowest BCUT2D eigenvalue weighted by atomic mass is 10.0. The molecule has 110 valence electrons. The van der Waals surface area contributed by atoms with Gasteiger partial charge in [0.2, 0.25) is 5.88 Å². The smallest absolute Gasteiger partial charge is 0.265 e. The predicted octanol–water partition coefficient (Wildman–Crippen LogP) is 2.66. The molecule has 0 bridgehead atoms. The third-order valence-electron chi connectivity index (χ3n) is 3.72. The van der Waals surface area contributed by atoms with Gasteiger partial charge in [0.15, 0.2) is 5.82 Å². The van der Waals surface area contributed by atoms with Gasteiger partial charge in [-0.3, -0.25) is 4.79 Å². The van der Waals surface area contributed by atoms with Crippen LogP contribution in [0, 0.1) is 0 Å². The van der Waals surface area contributed by atoms with Crippen LogP contribution in [-0.4, -0.2) is 27.0 Å². The van der Waals surface area contributed by atoms with E-state index in [1.807, 2.05) is 0 Å². The summed E-state index contributed by atoms with van der Waals surface area (Å²) >= 11 is 3.36. The monoisotopic (exact) mass is 350 g/mol. The van der Waals surface area contributed by atoms with Crippen LogP contribution >= 0.6 is 15.9 Å². The van der Waals surface area contributed by atoms with Crippen LogP contribution in [0.25, 0.3) is 11.5 Å². The summed E-state index contributed by atoms with van der Waals surface area (Å²) in [7, 11) is 1.54. The van der Waals surface area contributed by atoms with Crippen molar-refractivity contribution >= 4 is 15.9 Å². The number of hydrogen-bond donors (Lipinski definition) is 1. The van der Waals surface area contributed by atoms with Gasteiger partial charge in [0.05, 0.1) is 12.8 Å². The summed E-state index contributed by atoms with van der Waals surface area (Å²) < 4.78 is 5.61. The van der Waals surface area contributed by atoms with E-state index in [-0.39, 0.29) is 5.56 Å². The van der Waals surface area contributed by atoms with Crippen molar-refractivity contribution in [2.45, 2.75) is 31.6 Å². The van der Waals surface area contributed by atoms with Crippen LogP contribution in [0.1, 0.15) is 37.3 Å². The van der Waals surface area contributed by atoms with E-state index in [1.54, 1.807) is 6.07 Å². The van der Waals surface area contributed by atoms with Gasteiger partial charge in [-0.15, -0.1) is 0 Å². The van der Waals surface area contributed by atoms with Gasteiger partial charge in [-0.05, 0) is 28.8 Å².